The Bertz CT molecular complexity index is 1180. The third-order valence-electron chi connectivity index (χ3n) is 9.80. The van der Waals surface area contributed by atoms with Gasteiger partial charge in [0.15, 0.2) is 0 Å². The fourth-order valence-electron chi connectivity index (χ4n) is 7.26. The van der Waals surface area contributed by atoms with Crippen LogP contribution in [0.25, 0.3) is 0 Å². The highest BCUT2D eigenvalue weighted by atomic mass is 16.9. The van der Waals surface area contributed by atoms with E-state index in [0.717, 1.165) is 24.8 Å². The number of benzene rings is 3. The van der Waals surface area contributed by atoms with Crippen molar-refractivity contribution in [1.82, 2.24) is 0 Å². The molecule has 3 aromatic rings. The Hall–Kier alpha value is -2.54. The van der Waals surface area contributed by atoms with Gasteiger partial charge in [0, 0.05) is 45.5 Å². The molecule has 0 saturated carbocycles. The zero-order valence-electron chi connectivity index (χ0n) is 33.4. The first-order chi connectivity index (χ1) is 25.0. The lowest BCUT2D eigenvalue weighted by Gasteiger charge is -2.39. The van der Waals surface area contributed by atoms with E-state index in [0.29, 0.717) is 19.8 Å². The number of ether oxygens (including phenoxy) is 5. The van der Waals surface area contributed by atoms with Crippen molar-refractivity contribution >= 4 is 0 Å². The summed E-state index contributed by atoms with van der Waals surface area (Å²) in [5.41, 5.74) is 3.57. The molecule has 0 aliphatic rings. The van der Waals surface area contributed by atoms with Gasteiger partial charge in [0.2, 0.25) is 5.79 Å². The van der Waals surface area contributed by atoms with Crippen LogP contribution in [0.3, 0.4) is 0 Å². The summed E-state index contributed by atoms with van der Waals surface area (Å²) >= 11 is 0. The molecular formula is C46H72O5. The first-order valence-electron chi connectivity index (χ1n) is 20.2. The summed E-state index contributed by atoms with van der Waals surface area (Å²) in [6.07, 6.45) is 17.5. The fraction of sp³-hybridized carbons (Fsp3) is 0.609. The molecule has 51 heavy (non-hydrogen) atoms. The van der Waals surface area contributed by atoms with Crippen LogP contribution >= 0.6 is 0 Å². The van der Waals surface area contributed by atoms with Gasteiger partial charge in [-0.25, -0.2) is 0 Å². The van der Waals surface area contributed by atoms with Crippen LogP contribution in [0, 0.1) is 0 Å². The fourth-order valence-corrected chi connectivity index (χ4v) is 7.26. The van der Waals surface area contributed by atoms with Gasteiger partial charge in [-0.1, -0.05) is 182 Å². The van der Waals surface area contributed by atoms with E-state index in [-0.39, 0.29) is 11.8 Å². The largest absolute Gasteiger partial charge is 0.349 e. The maximum absolute atomic E-state index is 6.08. The van der Waals surface area contributed by atoms with E-state index in [1.807, 2.05) is 26.8 Å². The second-order valence-corrected chi connectivity index (χ2v) is 13.4. The first-order valence-corrected chi connectivity index (χ1v) is 20.2. The van der Waals surface area contributed by atoms with Crippen LogP contribution in [0.5, 0.6) is 0 Å². The molecule has 2 unspecified atom stereocenters. The molecule has 0 aromatic heterocycles. The van der Waals surface area contributed by atoms with Crippen LogP contribution < -0.4 is 0 Å². The lowest BCUT2D eigenvalue weighted by atomic mass is 9.81. The van der Waals surface area contributed by atoms with Gasteiger partial charge in [-0.15, -0.1) is 0 Å². The topological polar surface area (TPSA) is 46.2 Å². The maximum Gasteiger partial charge on any atom is 0.290 e. The van der Waals surface area contributed by atoms with Gasteiger partial charge in [0.05, 0.1) is 5.92 Å². The molecule has 0 amide bonds. The second kappa shape index (κ2) is 27.1. The standard InChI is InChI=1S/C24H34O2.C22H38O3/c1-4-5-6-7-8-15-20-23(21-16-11-9-12-17-21)24(25-2,26-3)22-18-13-10-14-19-22;1-5-9-10-11-12-16-19-21(20-17-14-13-15-18-20)22(23-6-2,24-7-3)25-8-4/h9-14,16-19,23H,4-8,15,20H2,1-3H3;13-15,17-18,21H,5-12,16,19H2,1-4H3. The number of methoxy groups -OCH3 is 2. The van der Waals surface area contributed by atoms with E-state index in [9.17, 15) is 0 Å². The Morgan fingerprint density at radius 1 is 0.431 bits per heavy atom. The summed E-state index contributed by atoms with van der Waals surface area (Å²) in [6.45, 7) is 12.2. The molecule has 0 fully saturated rings. The van der Waals surface area contributed by atoms with Crippen molar-refractivity contribution in [3.8, 4) is 0 Å². The molecule has 2 atom stereocenters. The van der Waals surface area contributed by atoms with Crippen molar-refractivity contribution in [2.75, 3.05) is 34.0 Å². The highest BCUT2D eigenvalue weighted by molar-refractivity contribution is 5.30. The Morgan fingerprint density at radius 3 is 1.18 bits per heavy atom. The van der Waals surface area contributed by atoms with Gasteiger partial charge >= 0.3 is 0 Å². The molecule has 0 bridgehead atoms. The van der Waals surface area contributed by atoms with Crippen LogP contribution in [-0.4, -0.2) is 40.0 Å². The van der Waals surface area contributed by atoms with Crippen molar-refractivity contribution in [3.05, 3.63) is 108 Å². The summed E-state index contributed by atoms with van der Waals surface area (Å²) in [4.78, 5) is 0. The number of hydrogen-bond donors (Lipinski definition) is 0. The van der Waals surface area contributed by atoms with E-state index in [2.05, 4.69) is 98.8 Å². The smallest absolute Gasteiger partial charge is 0.290 e. The molecule has 5 nitrogen and oxygen atoms in total. The third kappa shape index (κ3) is 14.8. The van der Waals surface area contributed by atoms with Crippen LogP contribution in [0.1, 0.15) is 153 Å². The molecule has 0 aliphatic carbocycles. The van der Waals surface area contributed by atoms with Crippen LogP contribution in [-0.2, 0) is 29.5 Å². The van der Waals surface area contributed by atoms with Crippen molar-refractivity contribution in [1.29, 1.82) is 0 Å². The first kappa shape index (κ1) is 44.6. The van der Waals surface area contributed by atoms with Gasteiger partial charge in [-0.3, -0.25) is 0 Å². The van der Waals surface area contributed by atoms with Gasteiger partial charge in [-0.05, 0) is 44.7 Å². The molecule has 0 saturated heterocycles. The maximum atomic E-state index is 6.08. The van der Waals surface area contributed by atoms with E-state index in [1.54, 1.807) is 14.2 Å². The molecule has 0 spiro atoms. The van der Waals surface area contributed by atoms with Crippen LogP contribution in [0.15, 0.2) is 91.0 Å². The van der Waals surface area contributed by atoms with Gasteiger partial charge in [0.25, 0.3) is 5.97 Å². The Balaban J connectivity index is 0.000000354. The monoisotopic (exact) mass is 705 g/mol. The average molecular weight is 705 g/mol. The zero-order valence-corrected chi connectivity index (χ0v) is 33.4. The van der Waals surface area contributed by atoms with E-state index in [1.165, 1.54) is 81.8 Å². The Kier molecular flexibility index (Phi) is 23.7. The van der Waals surface area contributed by atoms with Crippen molar-refractivity contribution in [3.63, 3.8) is 0 Å². The van der Waals surface area contributed by atoms with Gasteiger partial charge in [0.1, 0.15) is 0 Å². The molecule has 5 heteroatoms. The summed E-state index contributed by atoms with van der Waals surface area (Å²) in [6, 6.07) is 31.5. The number of unbranched alkanes of at least 4 members (excludes halogenated alkanes) is 10. The molecule has 0 aliphatic heterocycles. The van der Waals surface area contributed by atoms with Gasteiger partial charge in [-0.2, -0.15) is 0 Å². The summed E-state index contributed by atoms with van der Waals surface area (Å²) in [5.74, 6) is -1.50. The quantitative estimate of drug-likeness (QED) is 0.0584. The molecular weight excluding hydrogens is 633 g/mol. The van der Waals surface area contributed by atoms with E-state index in [4.69, 9.17) is 23.7 Å². The predicted molar refractivity (Wildman–Crippen MR) is 214 cm³/mol. The van der Waals surface area contributed by atoms with Crippen molar-refractivity contribution < 1.29 is 23.7 Å². The van der Waals surface area contributed by atoms with Crippen molar-refractivity contribution in [2.24, 2.45) is 0 Å². The minimum Gasteiger partial charge on any atom is -0.349 e. The lowest BCUT2D eigenvalue weighted by molar-refractivity contribution is -0.389. The zero-order chi connectivity index (χ0) is 37.0. The molecule has 286 valence electrons. The summed E-state index contributed by atoms with van der Waals surface area (Å²) < 4.78 is 30.4. The second-order valence-electron chi connectivity index (χ2n) is 13.4. The Labute approximate surface area is 312 Å². The normalized spacial score (nSPS) is 13.0. The predicted octanol–water partition coefficient (Wildman–Crippen LogP) is 13.0. The number of hydrogen-bond acceptors (Lipinski definition) is 5. The summed E-state index contributed by atoms with van der Waals surface area (Å²) in [5, 5.41) is 0. The highest BCUT2D eigenvalue weighted by Crippen LogP contribution is 2.44. The SMILES string of the molecule is CCCCCCCCC(c1ccccc1)C(OC)(OC)c1ccccc1.CCCCCCCCC(c1ccccc1)C(OCC)(OCC)OCC. The van der Waals surface area contributed by atoms with Gasteiger partial charge < -0.3 is 23.7 Å². The Morgan fingerprint density at radius 2 is 0.784 bits per heavy atom. The third-order valence-corrected chi connectivity index (χ3v) is 9.80. The molecule has 0 radical (unpaired) electrons. The van der Waals surface area contributed by atoms with E-state index < -0.39 is 11.8 Å². The van der Waals surface area contributed by atoms with Crippen LogP contribution in [0.2, 0.25) is 0 Å². The number of rotatable bonds is 27. The summed E-state index contributed by atoms with van der Waals surface area (Å²) in [7, 11) is 3.52. The molecule has 3 aromatic carbocycles. The van der Waals surface area contributed by atoms with E-state index >= 15 is 0 Å². The van der Waals surface area contributed by atoms with Crippen LogP contribution in [0.4, 0.5) is 0 Å². The minimum absolute atomic E-state index is 0.0831. The average Bonchev–Trinajstić information content (AvgIpc) is 3.17. The molecule has 0 heterocycles. The van der Waals surface area contributed by atoms with Crippen molar-refractivity contribution in [2.45, 2.75) is 148 Å². The highest BCUT2D eigenvalue weighted by Gasteiger charge is 2.43. The molecule has 0 N–H and O–H groups in total. The molecule has 3 rings (SSSR count). The lowest BCUT2D eigenvalue weighted by Crippen LogP contribution is -2.45. The minimum atomic E-state index is -0.983.